The first kappa shape index (κ1) is 12.4. The second-order valence-electron chi connectivity index (χ2n) is 5.31. The molecule has 94 valence electrons. The molecular formula is C15H23NO. The van der Waals surface area contributed by atoms with E-state index < -0.39 is 0 Å². The van der Waals surface area contributed by atoms with Crippen molar-refractivity contribution in [1.82, 2.24) is 0 Å². The van der Waals surface area contributed by atoms with Gasteiger partial charge in [-0.25, -0.2) is 0 Å². The highest BCUT2D eigenvalue weighted by Gasteiger charge is 2.20. The molecule has 2 nitrogen and oxygen atoms in total. The number of methoxy groups -OCH3 is 1. The van der Waals surface area contributed by atoms with Crippen LogP contribution >= 0.6 is 0 Å². The fourth-order valence-corrected chi connectivity index (χ4v) is 2.59. The van der Waals surface area contributed by atoms with Crippen molar-refractivity contribution in [3.63, 3.8) is 0 Å². The molecule has 0 bridgehead atoms. The molecular weight excluding hydrogens is 210 g/mol. The molecule has 17 heavy (non-hydrogen) atoms. The van der Waals surface area contributed by atoms with Crippen LogP contribution in [0, 0.1) is 12.8 Å². The van der Waals surface area contributed by atoms with Crippen LogP contribution in [0.2, 0.25) is 0 Å². The fraction of sp³-hybridized carbons (Fsp3) is 0.600. The molecule has 1 atom stereocenters. The molecule has 0 amide bonds. The minimum atomic E-state index is 0.274. The summed E-state index contributed by atoms with van der Waals surface area (Å²) in [6.45, 7) is 2.11. The van der Waals surface area contributed by atoms with E-state index in [2.05, 4.69) is 19.1 Å². The zero-order chi connectivity index (χ0) is 12.3. The third kappa shape index (κ3) is 3.22. The first-order chi connectivity index (χ1) is 8.19. The third-order valence-electron chi connectivity index (χ3n) is 3.78. The number of ether oxygens (including phenoxy) is 1. The third-order valence-corrected chi connectivity index (χ3v) is 3.78. The first-order valence-corrected chi connectivity index (χ1v) is 6.58. The summed E-state index contributed by atoms with van der Waals surface area (Å²) in [6, 6.07) is 6.59. The van der Waals surface area contributed by atoms with Crippen LogP contribution in [0.5, 0.6) is 5.75 Å². The Bertz CT molecular complexity index is 371. The average Bonchev–Trinajstić information content (AvgIpc) is 2.24. The first-order valence-electron chi connectivity index (χ1n) is 6.58. The van der Waals surface area contributed by atoms with Crippen LogP contribution in [0.4, 0.5) is 0 Å². The van der Waals surface area contributed by atoms with Gasteiger partial charge in [-0.15, -0.1) is 0 Å². The largest absolute Gasteiger partial charge is 0.496 e. The summed E-state index contributed by atoms with van der Waals surface area (Å²) in [5, 5.41) is 0. The molecule has 0 radical (unpaired) electrons. The van der Waals surface area contributed by atoms with Crippen LogP contribution in [0.3, 0.4) is 0 Å². The van der Waals surface area contributed by atoms with Crippen LogP contribution < -0.4 is 10.5 Å². The van der Waals surface area contributed by atoms with Crippen molar-refractivity contribution in [1.29, 1.82) is 0 Å². The van der Waals surface area contributed by atoms with E-state index in [0.29, 0.717) is 0 Å². The van der Waals surface area contributed by atoms with E-state index in [0.717, 1.165) is 24.5 Å². The molecule has 0 saturated heterocycles. The highest BCUT2D eigenvalue weighted by atomic mass is 16.5. The summed E-state index contributed by atoms with van der Waals surface area (Å²) in [5.41, 5.74) is 8.76. The molecule has 0 aromatic heterocycles. The maximum Gasteiger partial charge on any atom is 0.122 e. The minimum Gasteiger partial charge on any atom is -0.496 e. The molecule has 1 fully saturated rings. The second-order valence-corrected chi connectivity index (χ2v) is 5.31. The summed E-state index contributed by atoms with van der Waals surface area (Å²) >= 11 is 0. The number of hydrogen-bond donors (Lipinski definition) is 1. The van der Waals surface area contributed by atoms with E-state index in [1.165, 1.54) is 30.4 Å². The number of benzene rings is 1. The summed E-state index contributed by atoms with van der Waals surface area (Å²) in [5.74, 6) is 1.85. The molecule has 1 aromatic rings. The van der Waals surface area contributed by atoms with Crippen molar-refractivity contribution in [2.24, 2.45) is 11.7 Å². The van der Waals surface area contributed by atoms with Crippen molar-refractivity contribution in [3.8, 4) is 5.75 Å². The van der Waals surface area contributed by atoms with Crippen molar-refractivity contribution in [2.45, 2.75) is 45.1 Å². The molecule has 1 aromatic carbocycles. The number of rotatable bonds is 5. The zero-order valence-corrected chi connectivity index (χ0v) is 10.9. The van der Waals surface area contributed by atoms with E-state index in [1.54, 1.807) is 7.11 Å². The normalized spacial score (nSPS) is 17.6. The molecule has 1 aliphatic rings. The van der Waals surface area contributed by atoms with E-state index in [9.17, 15) is 0 Å². The summed E-state index contributed by atoms with van der Waals surface area (Å²) in [7, 11) is 1.73. The van der Waals surface area contributed by atoms with Crippen molar-refractivity contribution in [2.75, 3.05) is 7.11 Å². The van der Waals surface area contributed by atoms with Crippen LogP contribution in [-0.4, -0.2) is 13.2 Å². The smallest absolute Gasteiger partial charge is 0.122 e. The van der Waals surface area contributed by atoms with Crippen LogP contribution in [-0.2, 0) is 6.42 Å². The second kappa shape index (κ2) is 5.54. The highest BCUT2D eigenvalue weighted by molar-refractivity contribution is 5.37. The number of aryl methyl sites for hydroxylation is 1. The summed E-state index contributed by atoms with van der Waals surface area (Å²) in [6.07, 6.45) is 6.24. The van der Waals surface area contributed by atoms with Gasteiger partial charge >= 0.3 is 0 Å². The standard InChI is InChI=1S/C15H23NO/c1-11-6-7-15(17-2)13(8-11)10-14(16)9-12-4-3-5-12/h6-8,12,14H,3-5,9-10,16H2,1-2H3. The Kier molecular flexibility index (Phi) is 4.06. The molecule has 1 aliphatic carbocycles. The minimum absolute atomic E-state index is 0.274. The molecule has 2 rings (SSSR count). The zero-order valence-electron chi connectivity index (χ0n) is 10.9. The van der Waals surface area contributed by atoms with Crippen LogP contribution in [0.1, 0.15) is 36.8 Å². The lowest BCUT2D eigenvalue weighted by molar-refractivity contribution is 0.275. The van der Waals surface area contributed by atoms with E-state index in [-0.39, 0.29) is 6.04 Å². The van der Waals surface area contributed by atoms with Gasteiger partial charge in [-0.05, 0) is 37.3 Å². The number of hydrogen-bond acceptors (Lipinski definition) is 2. The SMILES string of the molecule is COc1ccc(C)cc1CC(N)CC1CCC1. The predicted octanol–water partition coefficient (Wildman–Crippen LogP) is 3.06. The topological polar surface area (TPSA) is 35.2 Å². The van der Waals surface area contributed by atoms with Gasteiger partial charge in [-0.1, -0.05) is 37.0 Å². The lowest BCUT2D eigenvalue weighted by atomic mass is 9.80. The summed E-state index contributed by atoms with van der Waals surface area (Å²) in [4.78, 5) is 0. The van der Waals surface area contributed by atoms with Gasteiger partial charge in [-0.2, -0.15) is 0 Å². The Morgan fingerprint density at radius 3 is 2.76 bits per heavy atom. The van der Waals surface area contributed by atoms with Crippen molar-refractivity contribution in [3.05, 3.63) is 29.3 Å². The molecule has 1 saturated carbocycles. The van der Waals surface area contributed by atoms with Gasteiger partial charge in [0.05, 0.1) is 7.11 Å². The van der Waals surface area contributed by atoms with Crippen molar-refractivity contribution < 1.29 is 4.74 Å². The molecule has 1 unspecified atom stereocenters. The van der Waals surface area contributed by atoms with Crippen molar-refractivity contribution >= 4 is 0 Å². The van der Waals surface area contributed by atoms with Gasteiger partial charge in [0.15, 0.2) is 0 Å². The highest BCUT2D eigenvalue weighted by Crippen LogP contribution is 2.31. The van der Waals surface area contributed by atoms with Gasteiger partial charge in [0, 0.05) is 6.04 Å². The molecule has 0 heterocycles. The van der Waals surface area contributed by atoms with Gasteiger partial charge in [0.2, 0.25) is 0 Å². The van der Waals surface area contributed by atoms with Crippen LogP contribution in [0.25, 0.3) is 0 Å². The van der Waals surface area contributed by atoms with E-state index >= 15 is 0 Å². The van der Waals surface area contributed by atoms with Gasteiger partial charge in [-0.3, -0.25) is 0 Å². The Morgan fingerprint density at radius 2 is 2.18 bits per heavy atom. The molecule has 0 aliphatic heterocycles. The maximum absolute atomic E-state index is 6.23. The van der Waals surface area contributed by atoms with Gasteiger partial charge in [0.25, 0.3) is 0 Å². The quantitative estimate of drug-likeness (QED) is 0.848. The fourth-order valence-electron chi connectivity index (χ4n) is 2.59. The Hall–Kier alpha value is -1.02. The monoisotopic (exact) mass is 233 g/mol. The predicted molar refractivity (Wildman–Crippen MR) is 71.4 cm³/mol. The van der Waals surface area contributed by atoms with E-state index in [4.69, 9.17) is 10.5 Å². The van der Waals surface area contributed by atoms with Gasteiger partial charge < -0.3 is 10.5 Å². The molecule has 2 heteroatoms. The van der Waals surface area contributed by atoms with Crippen LogP contribution in [0.15, 0.2) is 18.2 Å². The lowest BCUT2D eigenvalue weighted by Crippen LogP contribution is -2.28. The summed E-state index contributed by atoms with van der Waals surface area (Å²) < 4.78 is 5.39. The van der Waals surface area contributed by atoms with E-state index in [1.807, 2.05) is 6.07 Å². The lowest BCUT2D eigenvalue weighted by Gasteiger charge is -2.28. The Morgan fingerprint density at radius 1 is 1.41 bits per heavy atom. The average molecular weight is 233 g/mol. The Labute approximate surface area is 104 Å². The molecule has 0 spiro atoms. The maximum atomic E-state index is 6.23. The Balaban J connectivity index is 1.98. The number of nitrogens with two attached hydrogens (primary N) is 1. The van der Waals surface area contributed by atoms with Gasteiger partial charge in [0.1, 0.15) is 5.75 Å². The molecule has 2 N–H and O–H groups in total.